The molecule has 0 radical (unpaired) electrons. The molecule has 0 fully saturated rings. The molecule has 0 aliphatic rings. The monoisotopic (exact) mass is 542 g/mol. The number of pyridine rings is 3. The first-order chi connectivity index (χ1) is 17.7. The number of hydrogen-bond acceptors (Lipinski definition) is 9. The molecule has 0 atom stereocenters. The lowest BCUT2D eigenvalue weighted by atomic mass is 10.00. The Balaban J connectivity index is 1.55. The summed E-state index contributed by atoms with van der Waals surface area (Å²) in [4.78, 5) is 29.7. The minimum atomic E-state index is -0.846. The average molecular weight is 543 g/mol. The maximum absolute atomic E-state index is 15.4. The van der Waals surface area contributed by atoms with Crippen LogP contribution in [0.3, 0.4) is 0 Å². The number of fused-ring (bicyclic) bond motifs is 1. The molecule has 5 aromatic rings. The summed E-state index contributed by atoms with van der Waals surface area (Å²) in [6.07, 6.45) is 3.97. The second kappa shape index (κ2) is 9.41. The Morgan fingerprint density at radius 1 is 1.14 bits per heavy atom. The van der Waals surface area contributed by atoms with Gasteiger partial charge >= 0.3 is 0 Å². The first-order valence-corrected chi connectivity index (χ1v) is 11.9. The van der Waals surface area contributed by atoms with E-state index < -0.39 is 17.5 Å². The predicted molar refractivity (Wildman–Crippen MR) is 134 cm³/mol. The Labute approximate surface area is 217 Å². The zero-order valence-electron chi connectivity index (χ0n) is 19.8. The van der Waals surface area contributed by atoms with Gasteiger partial charge in [-0.2, -0.15) is 0 Å². The summed E-state index contributed by atoms with van der Waals surface area (Å²) in [5, 5.41) is 10.2. The van der Waals surface area contributed by atoms with Crippen molar-refractivity contribution >= 4 is 44.2 Å². The number of aryl methyl sites for hydroxylation is 3. The molecule has 14 heteroatoms. The molecule has 0 aliphatic carbocycles. The lowest BCUT2D eigenvalue weighted by molar-refractivity contribution is 0.102. The molecule has 0 spiro atoms. The van der Waals surface area contributed by atoms with Gasteiger partial charge in [0.25, 0.3) is 5.91 Å². The van der Waals surface area contributed by atoms with E-state index in [1.807, 2.05) is 0 Å². The second-order valence-electron chi connectivity index (χ2n) is 7.93. The van der Waals surface area contributed by atoms with Crippen LogP contribution in [-0.4, -0.2) is 47.9 Å². The minimum Gasteiger partial charge on any atom is -0.494 e. The highest BCUT2D eigenvalue weighted by atomic mass is 35.5. The van der Waals surface area contributed by atoms with E-state index in [-0.39, 0.29) is 48.6 Å². The van der Waals surface area contributed by atoms with E-state index in [0.717, 1.165) is 11.3 Å². The number of carbonyl (C=O) groups is 1. The number of methoxy groups -OCH3 is 1. The fourth-order valence-corrected chi connectivity index (χ4v) is 4.85. The molecule has 0 unspecified atom stereocenters. The van der Waals surface area contributed by atoms with Gasteiger partial charge in [-0.05, 0) is 19.9 Å². The van der Waals surface area contributed by atoms with Crippen LogP contribution in [0.15, 0.2) is 24.7 Å². The molecule has 1 amide bonds. The Bertz CT molecular complexity index is 1680. The minimum absolute atomic E-state index is 0.0280. The summed E-state index contributed by atoms with van der Waals surface area (Å²) in [7, 11) is 2.99. The van der Waals surface area contributed by atoms with Crippen LogP contribution in [0.2, 0.25) is 5.15 Å². The number of nitrogens with one attached hydrogen (secondary N) is 1. The van der Waals surface area contributed by atoms with Crippen molar-refractivity contribution in [3.63, 3.8) is 0 Å². The highest BCUT2D eigenvalue weighted by Gasteiger charge is 2.24. The average Bonchev–Trinajstić information content (AvgIpc) is 3.43. The van der Waals surface area contributed by atoms with Gasteiger partial charge in [-0.25, -0.2) is 28.4 Å². The number of hydrogen-bond donors (Lipinski definition) is 1. The highest BCUT2D eigenvalue weighted by Crippen LogP contribution is 2.38. The van der Waals surface area contributed by atoms with Crippen molar-refractivity contribution in [2.75, 3.05) is 12.4 Å². The van der Waals surface area contributed by atoms with E-state index in [4.69, 9.17) is 16.3 Å². The molecular formula is C23H17ClF2N8O2S. The molecule has 0 saturated carbocycles. The van der Waals surface area contributed by atoms with E-state index in [9.17, 15) is 4.79 Å². The fraction of sp³-hybridized carbons (Fsp3) is 0.174. The Morgan fingerprint density at radius 3 is 2.62 bits per heavy atom. The van der Waals surface area contributed by atoms with E-state index in [1.54, 1.807) is 20.9 Å². The number of nitrogens with zero attached hydrogens (tertiary/aromatic N) is 7. The van der Waals surface area contributed by atoms with E-state index in [0.29, 0.717) is 17.1 Å². The van der Waals surface area contributed by atoms with Gasteiger partial charge in [0.1, 0.15) is 22.7 Å². The van der Waals surface area contributed by atoms with Crippen molar-refractivity contribution in [1.82, 2.24) is 34.9 Å². The van der Waals surface area contributed by atoms with Crippen LogP contribution in [0.5, 0.6) is 5.75 Å². The first kappa shape index (κ1) is 24.6. The number of halogens is 3. The number of rotatable bonds is 5. The van der Waals surface area contributed by atoms with Crippen LogP contribution in [-0.2, 0) is 7.05 Å². The third kappa shape index (κ3) is 4.25. The predicted octanol–water partition coefficient (Wildman–Crippen LogP) is 4.75. The number of carbonyl (C=O) groups excluding carboxylic acids is 1. The van der Waals surface area contributed by atoms with E-state index >= 15 is 8.78 Å². The van der Waals surface area contributed by atoms with Gasteiger partial charge in [-0.3, -0.25) is 15.1 Å². The first-order valence-electron chi connectivity index (χ1n) is 10.7. The van der Waals surface area contributed by atoms with Crippen LogP contribution < -0.4 is 10.1 Å². The fourth-order valence-electron chi connectivity index (χ4n) is 3.84. The number of aromatic nitrogens is 7. The molecule has 0 saturated heterocycles. The molecule has 37 heavy (non-hydrogen) atoms. The SMILES string of the molecule is COc1cnc(Cl)c(F)c1-c1cc(C)ncc1C(=O)Nc1nc2cnc(-c3c(C)nnn3C)c(F)c2s1. The van der Waals surface area contributed by atoms with Crippen molar-refractivity contribution in [2.45, 2.75) is 13.8 Å². The van der Waals surface area contributed by atoms with Gasteiger partial charge in [0.05, 0.1) is 41.0 Å². The molecule has 1 N–H and O–H groups in total. The van der Waals surface area contributed by atoms with Gasteiger partial charge in [-0.1, -0.05) is 28.2 Å². The van der Waals surface area contributed by atoms with Gasteiger partial charge in [0, 0.05) is 24.5 Å². The molecular weight excluding hydrogens is 526 g/mol. The molecule has 188 valence electrons. The summed E-state index contributed by atoms with van der Waals surface area (Å²) in [6, 6.07) is 1.53. The number of anilines is 1. The zero-order chi connectivity index (χ0) is 26.4. The van der Waals surface area contributed by atoms with Gasteiger partial charge in [0.2, 0.25) is 0 Å². The van der Waals surface area contributed by atoms with Crippen LogP contribution in [0, 0.1) is 25.5 Å². The second-order valence-corrected chi connectivity index (χ2v) is 9.29. The Morgan fingerprint density at radius 2 is 1.92 bits per heavy atom. The van der Waals surface area contributed by atoms with Crippen molar-refractivity contribution in [1.29, 1.82) is 0 Å². The molecule has 10 nitrogen and oxygen atoms in total. The number of amides is 1. The van der Waals surface area contributed by atoms with Crippen LogP contribution in [0.25, 0.3) is 32.7 Å². The molecule has 0 aliphatic heterocycles. The quantitative estimate of drug-likeness (QED) is 0.316. The standard InChI is InChI=1S/C23H17ClF2N8O2S/c1-9-5-11(15-14(36-4)8-29-21(24)16(15)25)12(6-27-9)22(35)31-23-30-13-7-28-18(17(26)20(13)37-23)19-10(2)32-33-34(19)3/h5-8H,1-4H3,(H,30,31,35). The molecule has 5 aromatic heterocycles. The summed E-state index contributed by atoms with van der Waals surface area (Å²) >= 11 is 6.84. The summed E-state index contributed by atoms with van der Waals surface area (Å²) < 4.78 is 37.3. The topological polar surface area (TPSA) is 121 Å². The van der Waals surface area contributed by atoms with Crippen LogP contribution in [0.4, 0.5) is 13.9 Å². The lowest BCUT2D eigenvalue weighted by Gasteiger charge is -2.14. The normalized spacial score (nSPS) is 11.2. The third-order valence-electron chi connectivity index (χ3n) is 5.53. The summed E-state index contributed by atoms with van der Waals surface area (Å²) in [6.45, 7) is 3.39. The molecule has 5 heterocycles. The van der Waals surface area contributed by atoms with Crippen molar-refractivity contribution in [3.8, 4) is 28.3 Å². The number of ether oxygens (including phenoxy) is 1. The number of thiazole rings is 1. The van der Waals surface area contributed by atoms with Crippen LogP contribution in [0.1, 0.15) is 21.7 Å². The van der Waals surface area contributed by atoms with Crippen molar-refractivity contribution < 1.29 is 18.3 Å². The maximum Gasteiger partial charge on any atom is 0.259 e. The molecule has 0 aromatic carbocycles. The third-order valence-corrected chi connectivity index (χ3v) is 6.78. The molecule has 5 rings (SSSR count). The van der Waals surface area contributed by atoms with Gasteiger partial charge in [0.15, 0.2) is 21.9 Å². The van der Waals surface area contributed by atoms with E-state index in [2.05, 4.69) is 35.6 Å². The maximum atomic E-state index is 15.4. The Hall–Kier alpha value is -4.10. The van der Waals surface area contributed by atoms with Crippen molar-refractivity contribution in [2.24, 2.45) is 7.05 Å². The van der Waals surface area contributed by atoms with Gasteiger partial charge < -0.3 is 4.74 Å². The summed E-state index contributed by atoms with van der Waals surface area (Å²) in [5.74, 6) is -2.01. The largest absolute Gasteiger partial charge is 0.494 e. The van der Waals surface area contributed by atoms with Crippen molar-refractivity contribution in [3.05, 3.63) is 58.4 Å². The Kier molecular flexibility index (Phi) is 6.25. The van der Waals surface area contributed by atoms with Crippen LogP contribution >= 0.6 is 22.9 Å². The smallest absolute Gasteiger partial charge is 0.259 e. The zero-order valence-corrected chi connectivity index (χ0v) is 21.4. The van der Waals surface area contributed by atoms with E-state index in [1.165, 1.54) is 36.4 Å². The highest BCUT2D eigenvalue weighted by molar-refractivity contribution is 7.22. The summed E-state index contributed by atoms with van der Waals surface area (Å²) in [5.41, 5.74) is 1.99. The van der Waals surface area contributed by atoms with Gasteiger partial charge in [-0.15, -0.1) is 5.10 Å². The lowest BCUT2D eigenvalue weighted by Crippen LogP contribution is -2.14. The molecule has 0 bridgehead atoms.